The molecule has 55 heavy (non-hydrogen) atoms. The molecule has 3 aromatic carbocycles. The number of carbonyl (C=O) groups is 7. The number of amides is 4. The van der Waals surface area contributed by atoms with Crippen molar-refractivity contribution in [3.05, 3.63) is 95.6 Å². The molecule has 290 valence electrons. The molecule has 1 aliphatic heterocycles. The Hall–Kier alpha value is -6.05. The molecule has 8 N–H and O–H groups in total. The fourth-order valence-electron chi connectivity index (χ4n) is 7.80. The number of allylic oxidation sites excluding steroid dienone is 1. The summed E-state index contributed by atoms with van der Waals surface area (Å²) in [6.45, 7) is 0.0930. The lowest BCUT2D eigenvalue weighted by Crippen LogP contribution is -2.64. The number of nitrogens with two attached hydrogens (primary N) is 1. The van der Waals surface area contributed by atoms with Crippen LogP contribution in [-0.4, -0.2) is 75.0 Å². The van der Waals surface area contributed by atoms with Gasteiger partial charge in [-0.15, -0.1) is 0 Å². The number of hydrogen-bond donors (Lipinski definition) is 7. The molecule has 14 nitrogen and oxygen atoms in total. The molecule has 1 aliphatic carbocycles. The molecule has 5 rings (SSSR count). The van der Waals surface area contributed by atoms with Gasteiger partial charge >= 0.3 is 17.9 Å². The van der Waals surface area contributed by atoms with Crippen LogP contribution in [0, 0.1) is 11.8 Å². The van der Waals surface area contributed by atoms with Crippen LogP contribution in [0.5, 0.6) is 0 Å². The van der Waals surface area contributed by atoms with Gasteiger partial charge in [0, 0.05) is 6.54 Å². The van der Waals surface area contributed by atoms with Crippen LogP contribution < -0.4 is 21.7 Å². The summed E-state index contributed by atoms with van der Waals surface area (Å²) in [5.74, 6) is -11.5. The highest BCUT2D eigenvalue weighted by molar-refractivity contribution is 5.99. The van der Waals surface area contributed by atoms with Crippen molar-refractivity contribution < 1.29 is 48.9 Å². The molecule has 4 atom stereocenters. The fourth-order valence-corrected chi connectivity index (χ4v) is 7.80. The van der Waals surface area contributed by atoms with E-state index in [0.717, 1.165) is 22.8 Å². The minimum absolute atomic E-state index is 0.00934. The zero-order valence-corrected chi connectivity index (χ0v) is 30.2. The molecule has 2 aliphatic rings. The number of nitrogens with one attached hydrogen (secondary N) is 3. The van der Waals surface area contributed by atoms with E-state index >= 15 is 0 Å². The Labute approximate surface area is 317 Å². The minimum Gasteiger partial charge on any atom is -0.481 e. The maximum absolute atomic E-state index is 14.4. The zero-order valence-electron chi connectivity index (χ0n) is 30.2. The van der Waals surface area contributed by atoms with Crippen molar-refractivity contribution in [3.8, 4) is 0 Å². The van der Waals surface area contributed by atoms with Gasteiger partial charge in [-0.2, -0.15) is 0 Å². The number of fused-ring (bicyclic) bond motifs is 1. The van der Waals surface area contributed by atoms with E-state index in [0.29, 0.717) is 24.8 Å². The van der Waals surface area contributed by atoms with E-state index in [4.69, 9.17) is 5.73 Å². The van der Waals surface area contributed by atoms with Crippen LogP contribution in [0.15, 0.2) is 78.9 Å². The molecular formula is C41H46N4O10. The van der Waals surface area contributed by atoms with Crippen molar-refractivity contribution in [3.63, 3.8) is 0 Å². The molecule has 1 fully saturated rings. The predicted molar refractivity (Wildman–Crippen MR) is 201 cm³/mol. The zero-order chi connectivity index (χ0) is 39.7. The number of hydrogen-bond acceptors (Lipinski definition) is 7. The van der Waals surface area contributed by atoms with Crippen LogP contribution in [0.3, 0.4) is 0 Å². The summed E-state index contributed by atoms with van der Waals surface area (Å²) in [7, 11) is 0. The first-order valence-electron chi connectivity index (χ1n) is 18.4. The number of carboxylic acids is 3. The van der Waals surface area contributed by atoms with Gasteiger partial charge in [0.25, 0.3) is 0 Å². The highest BCUT2D eigenvalue weighted by atomic mass is 16.4. The number of primary amides is 1. The Bertz CT molecular complexity index is 1950. The summed E-state index contributed by atoms with van der Waals surface area (Å²) < 4.78 is 0. The molecule has 1 spiro atoms. The first-order chi connectivity index (χ1) is 26.3. The van der Waals surface area contributed by atoms with Gasteiger partial charge in [0.15, 0.2) is 5.92 Å². The van der Waals surface area contributed by atoms with Gasteiger partial charge in [-0.1, -0.05) is 98.1 Å². The SMILES string of the molecule is NC(=O)C[C@H]1NC(=O)C2(CCCCC2)NC(=O)[C@H](CC(=O)O)[C@@H](c2ccc(C(C(=O)O)C(=O)O)cc2)C/C=C\[C@@H](Cc2cccc3ccccc23)CNC1=O. The number of aliphatic carboxylic acids is 3. The van der Waals surface area contributed by atoms with E-state index in [1.54, 1.807) is 6.08 Å². The first kappa shape index (κ1) is 40.1. The van der Waals surface area contributed by atoms with E-state index in [1.165, 1.54) is 24.3 Å². The smallest absolute Gasteiger partial charge is 0.322 e. The minimum atomic E-state index is -1.84. The Morgan fingerprint density at radius 1 is 0.818 bits per heavy atom. The highest BCUT2D eigenvalue weighted by Gasteiger charge is 2.45. The quantitative estimate of drug-likeness (QED) is 0.118. The van der Waals surface area contributed by atoms with Crippen molar-refractivity contribution in [2.24, 2.45) is 17.6 Å². The molecule has 0 bridgehead atoms. The molecule has 0 unspecified atom stereocenters. The van der Waals surface area contributed by atoms with Crippen LogP contribution in [0.4, 0.5) is 0 Å². The van der Waals surface area contributed by atoms with Crippen molar-refractivity contribution >= 4 is 52.3 Å². The molecule has 0 saturated heterocycles. The Morgan fingerprint density at radius 2 is 1.49 bits per heavy atom. The van der Waals surface area contributed by atoms with E-state index < -0.39 is 83.7 Å². The lowest BCUT2D eigenvalue weighted by Gasteiger charge is -2.39. The first-order valence-corrected chi connectivity index (χ1v) is 18.4. The Balaban J connectivity index is 1.60. The van der Waals surface area contributed by atoms with E-state index in [9.17, 15) is 48.9 Å². The highest BCUT2D eigenvalue weighted by Crippen LogP contribution is 2.36. The summed E-state index contributed by atoms with van der Waals surface area (Å²) in [5, 5.41) is 39.6. The third-order valence-electron chi connectivity index (χ3n) is 10.6. The summed E-state index contributed by atoms with van der Waals surface area (Å²) in [6, 6.07) is 18.1. The second-order valence-electron chi connectivity index (χ2n) is 14.4. The molecule has 0 radical (unpaired) electrons. The second-order valence-corrected chi connectivity index (χ2v) is 14.4. The lowest BCUT2D eigenvalue weighted by molar-refractivity contribution is -0.150. The van der Waals surface area contributed by atoms with Gasteiger partial charge in [0.2, 0.25) is 23.6 Å². The van der Waals surface area contributed by atoms with Crippen LogP contribution >= 0.6 is 0 Å². The van der Waals surface area contributed by atoms with Crippen molar-refractivity contribution in [1.82, 2.24) is 16.0 Å². The van der Waals surface area contributed by atoms with Gasteiger partial charge in [-0.3, -0.25) is 33.6 Å². The standard InChI is InChI=1S/C41H46N4O10/c42-33(46)22-32-37(50)43-23-24(20-28-11-7-10-25-9-2-3-12-29(25)28)8-6-13-30(26-14-16-27(17-15-26)35(38(51)52)39(53)54)31(21-34(47)48)36(49)45-41(40(55)44-32)18-4-1-5-19-41/h2-3,6-12,14-17,24,30-32,35H,1,4-5,13,18-23H2,(H2,42,46)(H,43,50)(H,44,55)(H,45,49)(H,47,48)(H,51,52)(H,53,54)/b8-6-/t24-,30+,31+,32+/m0/s1. The molecule has 1 heterocycles. The van der Waals surface area contributed by atoms with E-state index in [-0.39, 0.29) is 37.3 Å². The van der Waals surface area contributed by atoms with Crippen LogP contribution in [-0.2, 0) is 40.0 Å². The van der Waals surface area contributed by atoms with Crippen molar-refractivity contribution in [1.29, 1.82) is 0 Å². The largest absolute Gasteiger partial charge is 0.481 e. The predicted octanol–water partition coefficient (Wildman–Crippen LogP) is 3.38. The topological polar surface area (TPSA) is 242 Å². The average molecular weight is 755 g/mol. The average Bonchev–Trinajstić information content (AvgIpc) is 3.14. The van der Waals surface area contributed by atoms with Crippen LogP contribution in [0.2, 0.25) is 0 Å². The van der Waals surface area contributed by atoms with Gasteiger partial charge < -0.3 is 37.0 Å². The normalized spacial score (nSPS) is 22.7. The number of carboxylic acid groups (broad SMARTS) is 3. The maximum atomic E-state index is 14.4. The lowest BCUT2D eigenvalue weighted by atomic mass is 9.77. The molecule has 0 aromatic heterocycles. The summed E-state index contributed by atoms with van der Waals surface area (Å²) in [6.07, 6.45) is 5.43. The summed E-state index contributed by atoms with van der Waals surface area (Å²) in [5.41, 5.74) is 5.43. The maximum Gasteiger partial charge on any atom is 0.322 e. The molecule has 4 amide bonds. The molecule has 14 heteroatoms. The third kappa shape index (κ3) is 9.93. The second kappa shape index (κ2) is 17.9. The summed E-state index contributed by atoms with van der Waals surface area (Å²) >= 11 is 0. The van der Waals surface area contributed by atoms with Crippen LogP contribution in [0.25, 0.3) is 10.8 Å². The fraction of sp³-hybridized carbons (Fsp3) is 0.390. The molecular weight excluding hydrogens is 708 g/mol. The van der Waals surface area contributed by atoms with Gasteiger partial charge in [-0.25, -0.2) is 0 Å². The van der Waals surface area contributed by atoms with Gasteiger partial charge in [0.1, 0.15) is 11.6 Å². The van der Waals surface area contributed by atoms with E-state index in [1.807, 2.05) is 48.5 Å². The summed E-state index contributed by atoms with van der Waals surface area (Å²) in [4.78, 5) is 90.2. The Kier molecular flexibility index (Phi) is 13.0. The number of rotatable bonds is 10. The molecule has 3 aromatic rings. The Morgan fingerprint density at radius 3 is 2.15 bits per heavy atom. The number of carbonyl (C=O) groups excluding carboxylic acids is 4. The van der Waals surface area contributed by atoms with Gasteiger partial charge in [-0.05, 0) is 65.0 Å². The van der Waals surface area contributed by atoms with Crippen molar-refractivity contribution in [2.45, 2.75) is 81.2 Å². The van der Waals surface area contributed by atoms with E-state index in [2.05, 4.69) is 16.0 Å². The van der Waals surface area contributed by atoms with Crippen LogP contribution in [0.1, 0.15) is 79.9 Å². The number of benzene rings is 3. The third-order valence-corrected chi connectivity index (χ3v) is 10.6. The monoisotopic (exact) mass is 754 g/mol. The van der Waals surface area contributed by atoms with Crippen molar-refractivity contribution in [2.75, 3.05) is 6.54 Å². The van der Waals surface area contributed by atoms with Gasteiger partial charge in [0.05, 0.1) is 18.8 Å². The molecule has 1 saturated carbocycles.